The maximum atomic E-state index is 11.7. The van der Waals surface area contributed by atoms with Crippen molar-refractivity contribution in [1.29, 1.82) is 0 Å². The molecule has 2 aliphatic heterocycles. The molecular weight excluding hydrogens is 194 g/mol. The highest BCUT2D eigenvalue weighted by atomic mass is 16.2. The molecule has 5 nitrogen and oxygen atoms in total. The first-order valence-electron chi connectivity index (χ1n) is 5.50. The summed E-state index contributed by atoms with van der Waals surface area (Å²) in [5.74, 6) is -0.0162. The van der Waals surface area contributed by atoms with Crippen LogP contribution in [0, 0.1) is 0 Å². The zero-order valence-electron chi connectivity index (χ0n) is 8.82. The van der Waals surface area contributed by atoms with Gasteiger partial charge in [-0.25, -0.2) is 0 Å². The summed E-state index contributed by atoms with van der Waals surface area (Å²) in [5, 5.41) is 0. The number of hydrogen-bond acceptors (Lipinski definition) is 3. The molecule has 2 N–H and O–H groups in total. The van der Waals surface area contributed by atoms with Gasteiger partial charge in [0.05, 0.1) is 12.6 Å². The van der Waals surface area contributed by atoms with Gasteiger partial charge in [0.1, 0.15) is 0 Å². The number of hydrogen-bond donors (Lipinski definition) is 1. The fourth-order valence-corrected chi connectivity index (χ4v) is 2.15. The van der Waals surface area contributed by atoms with E-state index in [0.29, 0.717) is 13.0 Å². The third-order valence-electron chi connectivity index (χ3n) is 3.12. The highest BCUT2D eigenvalue weighted by molar-refractivity contribution is 5.88. The maximum Gasteiger partial charge on any atom is 0.242 e. The summed E-state index contributed by atoms with van der Waals surface area (Å²) in [5.41, 5.74) is 5.58. The molecule has 15 heavy (non-hydrogen) atoms. The second kappa shape index (κ2) is 4.18. The van der Waals surface area contributed by atoms with E-state index in [9.17, 15) is 9.59 Å². The van der Waals surface area contributed by atoms with Crippen molar-refractivity contribution in [3.05, 3.63) is 0 Å². The number of carbonyl (C=O) groups is 2. The first-order chi connectivity index (χ1) is 7.18. The monoisotopic (exact) mass is 211 g/mol. The SMILES string of the molecule is N[C@H]1CCN(CC(=O)N2CCCC2)C1=O. The van der Waals surface area contributed by atoms with E-state index in [1.54, 1.807) is 4.90 Å². The second-order valence-corrected chi connectivity index (χ2v) is 4.24. The molecule has 84 valence electrons. The summed E-state index contributed by atoms with van der Waals surface area (Å²) in [4.78, 5) is 26.6. The van der Waals surface area contributed by atoms with E-state index in [0.717, 1.165) is 25.9 Å². The molecule has 2 amide bonds. The zero-order chi connectivity index (χ0) is 10.8. The summed E-state index contributed by atoms with van der Waals surface area (Å²) in [7, 11) is 0. The summed E-state index contributed by atoms with van der Waals surface area (Å²) in [6.07, 6.45) is 2.84. The van der Waals surface area contributed by atoms with E-state index >= 15 is 0 Å². The van der Waals surface area contributed by atoms with Crippen LogP contribution >= 0.6 is 0 Å². The van der Waals surface area contributed by atoms with Gasteiger partial charge in [-0.2, -0.15) is 0 Å². The Labute approximate surface area is 89.2 Å². The molecule has 2 heterocycles. The largest absolute Gasteiger partial charge is 0.341 e. The predicted octanol–water partition coefficient (Wildman–Crippen LogP) is -0.832. The van der Waals surface area contributed by atoms with Crippen LogP contribution in [0.2, 0.25) is 0 Å². The van der Waals surface area contributed by atoms with Gasteiger partial charge in [-0.15, -0.1) is 0 Å². The van der Waals surface area contributed by atoms with Crippen molar-refractivity contribution < 1.29 is 9.59 Å². The number of amides is 2. The molecule has 2 rings (SSSR count). The van der Waals surface area contributed by atoms with E-state index in [1.165, 1.54) is 0 Å². The van der Waals surface area contributed by atoms with Gasteiger partial charge in [0, 0.05) is 19.6 Å². The molecule has 1 atom stereocenters. The summed E-state index contributed by atoms with van der Waals surface area (Å²) >= 11 is 0. The van der Waals surface area contributed by atoms with Crippen molar-refractivity contribution in [1.82, 2.24) is 9.80 Å². The van der Waals surface area contributed by atoms with E-state index in [-0.39, 0.29) is 18.4 Å². The standard InChI is InChI=1S/C10H17N3O2/c11-8-3-6-13(10(8)15)7-9(14)12-4-1-2-5-12/h8H,1-7,11H2/t8-/m0/s1. The molecule has 0 saturated carbocycles. The zero-order valence-corrected chi connectivity index (χ0v) is 8.82. The summed E-state index contributed by atoms with van der Waals surface area (Å²) < 4.78 is 0. The molecule has 0 aliphatic carbocycles. The van der Waals surface area contributed by atoms with Gasteiger partial charge in [-0.3, -0.25) is 9.59 Å². The molecule has 5 heteroatoms. The third kappa shape index (κ3) is 2.12. The van der Waals surface area contributed by atoms with Crippen molar-refractivity contribution in [2.75, 3.05) is 26.2 Å². The fourth-order valence-electron chi connectivity index (χ4n) is 2.15. The molecular formula is C10H17N3O2. The molecule has 2 fully saturated rings. The van der Waals surface area contributed by atoms with Crippen LogP contribution in [0.4, 0.5) is 0 Å². The van der Waals surface area contributed by atoms with Gasteiger partial charge < -0.3 is 15.5 Å². The lowest BCUT2D eigenvalue weighted by Gasteiger charge is -2.20. The first kappa shape index (κ1) is 10.4. The number of nitrogens with zero attached hydrogens (tertiary/aromatic N) is 2. The Kier molecular flexibility index (Phi) is 2.90. The van der Waals surface area contributed by atoms with Crippen molar-refractivity contribution >= 4 is 11.8 Å². The van der Waals surface area contributed by atoms with Crippen molar-refractivity contribution in [3.63, 3.8) is 0 Å². The molecule has 0 aromatic rings. The molecule has 0 aromatic heterocycles. The Morgan fingerprint density at radius 3 is 2.53 bits per heavy atom. The Hall–Kier alpha value is -1.10. The minimum Gasteiger partial charge on any atom is -0.341 e. The van der Waals surface area contributed by atoms with Crippen LogP contribution in [0.3, 0.4) is 0 Å². The van der Waals surface area contributed by atoms with Gasteiger partial charge >= 0.3 is 0 Å². The van der Waals surface area contributed by atoms with Crippen LogP contribution in [0.15, 0.2) is 0 Å². The number of nitrogens with two attached hydrogens (primary N) is 1. The van der Waals surface area contributed by atoms with Crippen molar-refractivity contribution in [2.45, 2.75) is 25.3 Å². The predicted molar refractivity (Wildman–Crippen MR) is 55.0 cm³/mol. The molecule has 0 aromatic carbocycles. The summed E-state index contributed by atoms with van der Waals surface area (Å²) in [6, 6.07) is -0.392. The van der Waals surface area contributed by atoms with E-state index in [2.05, 4.69) is 0 Å². The van der Waals surface area contributed by atoms with E-state index < -0.39 is 6.04 Å². The lowest BCUT2D eigenvalue weighted by atomic mass is 10.3. The van der Waals surface area contributed by atoms with Gasteiger partial charge in [0.2, 0.25) is 11.8 Å². The van der Waals surface area contributed by atoms with Crippen LogP contribution in [-0.2, 0) is 9.59 Å². The molecule has 2 aliphatic rings. The Morgan fingerprint density at radius 1 is 1.33 bits per heavy atom. The number of rotatable bonds is 2. The van der Waals surface area contributed by atoms with Crippen LogP contribution in [-0.4, -0.2) is 53.8 Å². The van der Waals surface area contributed by atoms with Crippen LogP contribution < -0.4 is 5.73 Å². The Bertz CT molecular complexity index is 274. The second-order valence-electron chi connectivity index (χ2n) is 4.24. The minimum absolute atomic E-state index is 0.0648. The fraction of sp³-hybridized carbons (Fsp3) is 0.800. The quantitative estimate of drug-likeness (QED) is 0.648. The Morgan fingerprint density at radius 2 is 2.00 bits per heavy atom. The maximum absolute atomic E-state index is 11.7. The van der Waals surface area contributed by atoms with Crippen molar-refractivity contribution in [3.8, 4) is 0 Å². The van der Waals surface area contributed by atoms with Gasteiger partial charge in [-0.1, -0.05) is 0 Å². The molecule has 0 spiro atoms. The lowest BCUT2D eigenvalue weighted by Crippen LogP contribution is -2.42. The van der Waals surface area contributed by atoms with E-state index in [1.807, 2.05) is 4.90 Å². The smallest absolute Gasteiger partial charge is 0.242 e. The minimum atomic E-state index is -0.392. The van der Waals surface area contributed by atoms with Gasteiger partial charge in [0.25, 0.3) is 0 Å². The highest BCUT2D eigenvalue weighted by Gasteiger charge is 2.31. The molecule has 0 radical (unpaired) electrons. The third-order valence-corrected chi connectivity index (χ3v) is 3.12. The topological polar surface area (TPSA) is 66.6 Å². The average Bonchev–Trinajstić information content (AvgIpc) is 2.83. The highest BCUT2D eigenvalue weighted by Crippen LogP contribution is 2.12. The Balaban J connectivity index is 1.86. The number of carbonyl (C=O) groups excluding carboxylic acids is 2. The normalized spacial score (nSPS) is 26.5. The molecule has 0 bridgehead atoms. The van der Waals surface area contributed by atoms with Gasteiger partial charge in [-0.05, 0) is 19.3 Å². The van der Waals surface area contributed by atoms with Crippen LogP contribution in [0.25, 0.3) is 0 Å². The first-order valence-corrected chi connectivity index (χ1v) is 5.50. The lowest BCUT2D eigenvalue weighted by molar-refractivity contribution is -0.138. The van der Waals surface area contributed by atoms with Crippen molar-refractivity contribution in [2.24, 2.45) is 5.73 Å². The van der Waals surface area contributed by atoms with Crippen LogP contribution in [0.5, 0.6) is 0 Å². The molecule has 0 unspecified atom stereocenters. The van der Waals surface area contributed by atoms with E-state index in [4.69, 9.17) is 5.73 Å². The number of likely N-dealkylation sites (tertiary alicyclic amines) is 2. The van der Waals surface area contributed by atoms with Gasteiger partial charge in [0.15, 0.2) is 0 Å². The summed E-state index contributed by atoms with van der Waals surface area (Å²) in [6.45, 7) is 2.52. The molecule has 2 saturated heterocycles. The van der Waals surface area contributed by atoms with Crippen LogP contribution in [0.1, 0.15) is 19.3 Å². The average molecular weight is 211 g/mol.